The van der Waals surface area contributed by atoms with E-state index in [4.69, 9.17) is 4.74 Å². The fraction of sp³-hybridized carbons (Fsp3) is 0.154. The molecule has 0 bridgehead atoms. The first-order valence-electron chi connectivity index (χ1n) is 5.05. The number of amides is 1. The molecule has 1 N–H and O–H groups in total. The summed E-state index contributed by atoms with van der Waals surface area (Å²) in [7, 11) is 3.17. The minimum Gasteiger partial charge on any atom is -0.496 e. The minimum atomic E-state index is -0.136. The highest BCUT2D eigenvalue weighted by Gasteiger charge is 2.11. The van der Waals surface area contributed by atoms with E-state index >= 15 is 0 Å². The number of carbonyl (C=O) groups is 1. The van der Waals surface area contributed by atoms with Crippen LogP contribution in [0.5, 0.6) is 5.75 Å². The van der Waals surface area contributed by atoms with Crippen molar-refractivity contribution in [2.45, 2.75) is 0 Å². The third-order valence-electron chi connectivity index (χ3n) is 2.54. The van der Waals surface area contributed by atoms with Crippen molar-refractivity contribution in [2.75, 3.05) is 14.2 Å². The first kappa shape index (κ1) is 10.5. The summed E-state index contributed by atoms with van der Waals surface area (Å²) in [5, 5.41) is 4.69. The number of carbonyl (C=O) groups excluding carboxylic acids is 1. The zero-order valence-electron chi connectivity index (χ0n) is 9.28. The van der Waals surface area contributed by atoms with Gasteiger partial charge in [-0.05, 0) is 22.9 Å². The van der Waals surface area contributed by atoms with Crippen LogP contribution in [0.15, 0.2) is 36.4 Å². The van der Waals surface area contributed by atoms with Gasteiger partial charge < -0.3 is 10.1 Å². The molecule has 2 aromatic carbocycles. The lowest BCUT2D eigenvalue weighted by atomic mass is 10.1. The van der Waals surface area contributed by atoms with Crippen molar-refractivity contribution in [1.29, 1.82) is 0 Å². The molecule has 0 spiro atoms. The lowest BCUT2D eigenvalue weighted by Crippen LogP contribution is -2.18. The van der Waals surface area contributed by atoms with Gasteiger partial charge in [-0.25, -0.2) is 0 Å². The van der Waals surface area contributed by atoms with Crippen LogP contribution >= 0.6 is 0 Å². The Bertz CT molecular complexity index is 534. The van der Waals surface area contributed by atoms with Crippen molar-refractivity contribution < 1.29 is 9.53 Å². The number of rotatable bonds is 2. The maximum Gasteiger partial charge on any atom is 0.254 e. The van der Waals surface area contributed by atoms with Gasteiger partial charge in [0.2, 0.25) is 0 Å². The van der Waals surface area contributed by atoms with Gasteiger partial charge >= 0.3 is 0 Å². The Morgan fingerprint density at radius 2 is 1.81 bits per heavy atom. The largest absolute Gasteiger partial charge is 0.496 e. The van der Waals surface area contributed by atoms with Gasteiger partial charge in [0.15, 0.2) is 0 Å². The number of methoxy groups -OCH3 is 1. The Kier molecular flexibility index (Phi) is 2.77. The summed E-state index contributed by atoms with van der Waals surface area (Å²) in [4.78, 5) is 11.6. The number of hydrogen-bond acceptors (Lipinski definition) is 2. The molecule has 3 nitrogen and oxygen atoms in total. The lowest BCUT2D eigenvalue weighted by molar-refractivity contribution is 0.0960. The molecule has 0 aromatic heterocycles. The summed E-state index contributed by atoms with van der Waals surface area (Å²) in [6.45, 7) is 0. The van der Waals surface area contributed by atoms with Crippen LogP contribution in [0, 0.1) is 0 Å². The standard InChI is InChI=1S/C13H13NO2/c1-14-13(15)11-7-9-5-3-4-6-10(9)8-12(11)16-2/h3-8H,1-2H3,(H,14,15). The molecule has 82 valence electrons. The van der Waals surface area contributed by atoms with Gasteiger partial charge in [-0.2, -0.15) is 0 Å². The van der Waals surface area contributed by atoms with Gasteiger partial charge in [0.25, 0.3) is 5.91 Å². The number of nitrogens with one attached hydrogen (secondary N) is 1. The van der Waals surface area contributed by atoms with Gasteiger partial charge in [0, 0.05) is 7.05 Å². The Morgan fingerprint density at radius 1 is 1.19 bits per heavy atom. The molecule has 3 heteroatoms. The van der Waals surface area contributed by atoms with Crippen LogP contribution in [-0.2, 0) is 0 Å². The van der Waals surface area contributed by atoms with Crippen LogP contribution in [0.25, 0.3) is 10.8 Å². The van der Waals surface area contributed by atoms with Crippen LogP contribution in [0.2, 0.25) is 0 Å². The normalized spacial score (nSPS) is 10.1. The van der Waals surface area contributed by atoms with Gasteiger partial charge in [-0.15, -0.1) is 0 Å². The van der Waals surface area contributed by atoms with E-state index in [9.17, 15) is 4.79 Å². The van der Waals surface area contributed by atoms with Crippen LogP contribution < -0.4 is 10.1 Å². The van der Waals surface area contributed by atoms with Crippen molar-refractivity contribution >= 4 is 16.7 Å². The number of ether oxygens (including phenoxy) is 1. The third kappa shape index (κ3) is 1.72. The maximum absolute atomic E-state index is 11.6. The highest BCUT2D eigenvalue weighted by atomic mass is 16.5. The molecule has 0 radical (unpaired) electrons. The average molecular weight is 215 g/mol. The summed E-state index contributed by atoms with van der Waals surface area (Å²) in [6.07, 6.45) is 0. The van der Waals surface area contributed by atoms with Gasteiger partial charge in [0.05, 0.1) is 12.7 Å². The smallest absolute Gasteiger partial charge is 0.254 e. The Labute approximate surface area is 94.0 Å². The van der Waals surface area contributed by atoms with Crippen LogP contribution in [0.1, 0.15) is 10.4 Å². The van der Waals surface area contributed by atoms with Crippen molar-refractivity contribution in [2.24, 2.45) is 0 Å². The topological polar surface area (TPSA) is 38.3 Å². The monoisotopic (exact) mass is 215 g/mol. The van der Waals surface area contributed by atoms with Crippen molar-refractivity contribution in [3.8, 4) is 5.75 Å². The first-order valence-corrected chi connectivity index (χ1v) is 5.05. The molecule has 0 aliphatic rings. The summed E-state index contributed by atoms with van der Waals surface area (Å²) in [6, 6.07) is 11.6. The van der Waals surface area contributed by atoms with Crippen LogP contribution in [0.3, 0.4) is 0 Å². The highest BCUT2D eigenvalue weighted by Crippen LogP contribution is 2.25. The minimum absolute atomic E-state index is 0.136. The molecule has 16 heavy (non-hydrogen) atoms. The molecule has 0 fully saturated rings. The van der Waals surface area contributed by atoms with E-state index in [1.807, 2.05) is 36.4 Å². The van der Waals surface area contributed by atoms with Gasteiger partial charge in [-0.1, -0.05) is 24.3 Å². The van der Waals surface area contributed by atoms with E-state index in [1.165, 1.54) is 0 Å². The van der Waals surface area contributed by atoms with Gasteiger partial charge in [-0.3, -0.25) is 4.79 Å². The highest BCUT2D eigenvalue weighted by molar-refractivity contribution is 6.01. The van der Waals surface area contributed by atoms with Crippen LogP contribution in [0.4, 0.5) is 0 Å². The fourth-order valence-corrected chi connectivity index (χ4v) is 1.70. The summed E-state index contributed by atoms with van der Waals surface area (Å²) in [5.74, 6) is 0.459. The molecule has 2 aromatic rings. The zero-order chi connectivity index (χ0) is 11.5. The van der Waals surface area contributed by atoms with E-state index in [-0.39, 0.29) is 5.91 Å². The molecule has 0 aliphatic heterocycles. The SMILES string of the molecule is CNC(=O)c1cc2ccccc2cc1OC. The predicted octanol–water partition coefficient (Wildman–Crippen LogP) is 2.21. The molecular formula is C13H13NO2. The second kappa shape index (κ2) is 4.23. The van der Waals surface area contributed by atoms with E-state index in [1.54, 1.807) is 14.2 Å². The number of fused-ring (bicyclic) bond motifs is 1. The number of hydrogen-bond donors (Lipinski definition) is 1. The molecule has 2 rings (SSSR count). The van der Waals surface area contributed by atoms with E-state index in [0.29, 0.717) is 11.3 Å². The zero-order valence-corrected chi connectivity index (χ0v) is 9.28. The van der Waals surface area contributed by atoms with Crippen molar-refractivity contribution in [3.05, 3.63) is 42.0 Å². The maximum atomic E-state index is 11.6. The van der Waals surface area contributed by atoms with Crippen LogP contribution in [-0.4, -0.2) is 20.1 Å². The molecule has 0 aliphatic carbocycles. The Hall–Kier alpha value is -2.03. The molecule has 0 unspecified atom stereocenters. The molecular weight excluding hydrogens is 202 g/mol. The second-order valence-corrected chi connectivity index (χ2v) is 3.48. The fourth-order valence-electron chi connectivity index (χ4n) is 1.70. The third-order valence-corrected chi connectivity index (χ3v) is 2.54. The van der Waals surface area contributed by atoms with E-state index in [0.717, 1.165) is 10.8 Å². The molecule has 0 saturated carbocycles. The Morgan fingerprint density at radius 3 is 2.38 bits per heavy atom. The molecule has 0 heterocycles. The first-order chi connectivity index (χ1) is 7.76. The van der Waals surface area contributed by atoms with Crippen molar-refractivity contribution in [1.82, 2.24) is 5.32 Å². The Balaban J connectivity index is 2.67. The summed E-state index contributed by atoms with van der Waals surface area (Å²) < 4.78 is 5.22. The van der Waals surface area contributed by atoms with E-state index < -0.39 is 0 Å². The number of benzene rings is 2. The van der Waals surface area contributed by atoms with Gasteiger partial charge in [0.1, 0.15) is 5.75 Å². The summed E-state index contributed by atoms with van der Waals surface area (Å²) >= 11 is 0. The second-order valence-electron chi connectivity index (χ2n) is 3.48. The summed E-state index contributed by atoms with van der Waals surface area (Å²) in [5.41, 5.74) is 0.559. The average Bonchev–Trinajstić information content (AvgIpc) is 2.36. The van der Waals surface area contributed by atoms with E-state index in [2.05, 4.69) is 5.32 Å². The molecule has 1 amide bonds. The quantitative estimate of drug-likeness (QED) is 0.834. The molecule has 0 atom stereocenters. The molecule has 0 saturated heterocycles. The predicted molar refractivity (Wildman–Crippen MR) is 63.9 cm³/mol. The van der Waals surface area contributed by atoms with Crippen molar-refractivity contribution in [3.63, 3.8) is 0 Å². The lowest BCUT2D eigenvalue weighted by Gasteiger charge is -2.09.